The summed E-state index contributed by atoms with van der Waals surface area (Å²) in [6.45, 7) is 4.86. The zero-order valence-corrected chi connectivity index (χ0v) is 10.0. The first-order valence-electron chi connectivity index (χ1n) is 5.44. The lowest BCUT2D eigenvalue weighted by atomic mass is 10.1. The summed E-state index contributed by atoms with van der Waals surface area (Å²) in [4.78, 5) is 0. The van der Waals surface area contributed by atoms with Crippen molar-refractivity contribution in [3.63, 3.8) is 0 Å². The normalized spacial score (nSPS) is 15.2. The van der Waals surface area contributed by atoms with Crippen LogP contribution < -0.4 is 5.32 Å². The Morgan fingerprint density at radius 2 is 2.33 bits per heavy atom. The molecule has 1 heterocycles. The Morgan fingerprint density at radius 3 is 2.80 bits per heavy atom. The molecule has 86 valence electrons. The lowest BCUT2D eigenvalue weighted by molar-refractivity contribution is 0.0494. The van der Waals surface area contributed by atoms with Gasteiger partial charge in [0, 0.05) is 32.3 Å². The molecule has 0 saturated carbocycles. The topological polar surface area (TPSA) is 39.1 Å². The van der Waals surface area contributed by atoms with Gasteiger partial charge in [-0.3, -0.25) is 4.68 Å². The molecule has 0 aliphatic heterocycles. The summed E-state index contributed by atoms with van der Waals surface area (Å²) in [5.41, 5.74) is 1.10. The van der Waals surface area contributed by atoms with Crippen molar-refractivity contribution in [1.82, 2.24) is 15.1 Å². The van der Waals surface area contributed by atoms with Crippen LogP contribution in [0.15, 0.2) is 12.3 Å². The van der Waals surface area contributed by atoms with Gasteiger partial charge >= 0.3 is 0 Å². The van der Waals surface area contributed by atoms with Crippen LogP contribution in [0.5, 0.6) is 0 Å². The van der Waals surface area contributed by atoms with Gasteiger partial charge < -0.3 is 10.1 Å². The molecule has 0 radical (unpaired) electrons. The number of hydrogen-bond acceptors (Lipinski definition) is 3. The number of nitrogens with one attached hydrogen (secondary N) is 1. The number of ether oxygens (including phenoxy) is 1. The molecule has 1 aromatic heterocycles. The molecule has 0 amide bonds. The molecule has 0 saturated heterocycles. The van der Waals surface area contributed by atoms with E-state index in [2.05, 4.69) is 17.3 Å². The van der Waals surface area contributed by atoms with E-state index >= 15 is 0 Å². The van der Waals surface area contributed by atoms with Crippen molar-refractivity contribution in [1.29, 1.82) is 0 Å². The van der Waals surface area contributed by atoms with Crippen LogP contribution in [0.4, 0.5) is 0 Å². The number of rotatable bonds is 6. The highest BCUT2D eigenvalue weighted by atomic mass is 16.5. The molecule has 1 rings (SSSR count). The van der Waals surface area contributed by atoms with Crippen LogP contribution in [-0.2, 0) is 18.2 Å². The van der Waals surface area contributed by atoms with Gasteiger partial charge in [-0.15, -0.1) is 0 Å². The summed E-state index contributed by atoms with van der Waals surface area (Å²) in [6, 6.07) is 2.36. The minimum absolute atomic E-state index is 0.210. The zero-order chi connectivity index (χ0) is 11.3. The summed E-state index contributed by atoms with van der Waals surface area (Å²) in [5.74, 6) is 0. The van der Waals surface area contributed by atoms with Crippen molar-refractivity contribution in [2.75, 3.05) is 13.7 Å². The maximum absolute atomic E-state index is 5.58. The van der Waals surface area contributed by atoms with Gasteiger partial charge in [0.1, 0.15) is 0 Å². The molecule has 0 aliphatic carbocycles. The van der Waals surface area contributed by atoms with Crippen molar-refractivity contribution in [2.24, 2.45) is 7.05 Å². The quantitative estimate of drug-likeness (QED) is 0.762. The van der Waals surface area contributed by atoms with Crippen LogP contribution in [0.1, 0.15) is 19.5 Å². The third-order valence-corrected chi connectivity index (χ3v) is 2.56. The molecule has 1 aromatic rings. The minimum atomic E-state index is 0.210. The minimum Gasteiger partial charge on any atom is -0.377 e. The molecule has 0 aromatic carbocycles. The van der Waals surface area contributed by atoms with E-state index in [1.807, 2.05) is 38.0 Å². The molecule has 2 unspecified atom stereocenters. The van der Waals surface area contributed by atoms with E-state index in [1.54, 1.807) is 0 Å². The highest BCUT2D eigenvalue weighted by Gasteiger charge is 2.16. The van der Waals surface area contributed by atoms with Gasteiger partial charge in [0.25, 0.3) is 0 Å². The van der Waals surface area contributed by atoms with E-state index in [0.717, 1.165) is 18.7 Å². The summed E-state index contributed by atoms with van der Waals surface area (Å²) >= 11 is 0. The van der Waals surface area contributed by atoms with Crippen molar-refractivity contribution >= 4 is 0 Å². The fraction of sp³-hybridized carbons (Fsp3) is 0.727. The van der Waals surface area contributed by atoms with Crippen molar-refractivity contribution in [3.05, 3.63) is 18.0 Å². The molecule has 0 spiro atoms. The fourth-order valence-corrected chi connectivity index (χ4v) is 1.68. The van der Waals surface area contributed by atoms with Crippen LogP contribution in [0, 0.1) is 0 Å². The van der Waals surface area contributed by atoms with Crippen molar-refractivity contribution in [3.8, 4) is 0 Å². The Labute approximate surface area is 91.6 Å². The maximum atomic E-state index is 5.58. The van der Waals surface area contributed by atoms with Crippen LogP contribution in [0.3, 0.4) is 0 Å². The Bertz CT molecular complexity index is 285. The fourth-order valence-electron chi connectivity index (χ4n) is 1.68. The van der Waals surface area contributed by atoms with Crippen molar-refractivity contribution in [2.45, 2.75) is 32.4 Å². The second-order valence-corrected chi connectivity index (χ2v) is 3.74. The molecular weight excluding hydrogens is 190 g/mol. The third kappa shape index (κ3) is 3.64. The highest BCUT2D eigenvalue weighted by Crippen LogP contribution is 2.06. The average molecular weight is 211 g/mol. The second kappa shape index (κ2) is 5.88. The van der Waals surface area contributed by atoms with Crippen LogP contribution in [0.25, 0.3) is 0 Å². The van der Waals surface area contributed by atoms with E-state index in [9.17, 15) is 0 Å². The number of aryl methyl sites for hydroxylation is 1. The Balaban J connectivity index is 2.53. The number of likely N-dealkylation sites (N-methyl/N-ethyl adjacent to an activating group) is 1. The van der Waals surface area contributed by atoms with E-state index in [-0.39, 0.29) is 6.10 Å². The zero-order valence-electron chi connectivity index (χ0n) is 10.0. The molecule has 2 atom stereocenters. The van der Waals surface area contributed by atoms with E-state index in [4.69, 9.17) is 4.74 Å². The molecule has 4 heteroatoms. The summed E-state index contributed by atoms with van der Waals surface area (Å²) < 4.78 is 7.40. The Kier molecular flexibility index (Phi) is 4.78. The lowest BCUT2D eigenvalue weighted by Gasteiger charge is -2.22. The first-order chi connectivity index (χ1) is 7.17. The molecular formula is C11H21N3O. The van der Waals surface area contributed by atoms with Crippen molar-refractivity contribution < 1.29 is 4.74 Å². The smallest absolute Gasteiger partial charge is 0.0703 e. The first kappa shape index (κ1) is 12.2. The summed E-state index contributed by atoms with van der Waals surface area (Å²) in [5, 5.41) is 7.63. The van der Waals surface area contributed by atoms with Gasteiger partial charge in [0.2, 0.25) is 0 Å². The Morgan fingerprint density at radius 1 is 1.60 bits per heavy atom. The predicted molar refractivity (Wildman–Crippen MR) is 60.8 cm³/mol. The average Bonchev–Trinajstić information content (AvgIpc) is 2.61. The van der Waals surface area contributed by atoms with Crippen LogP contribution in [0.2, 0.25) is 0 Å². The monoisotopic (exact) mass is 211 g/mol. The van der Waals surface area contributed by atoms with Gasteiger partial charge in [-0.1, -0.05) is 0 Å². The SMILES string of the molecule is CCOC(C)C(Cc1ccn(C)n1)NC. The van der Waals surface area contributed by atoms with Gasteiger partial charge in [-0.2, -0.15) is 5.10 Å². The van der Waals surface area contributed by atoms with E-state index < -0.39 is 0 Å². The number of hydrogen-bond donors (Lipinski definition) is 1. The van der Waals surface area contributed by atoms with Gasteiger partial charge in [0.05, 0.1) is 11.8 Å². The van der Waals surface area contributed by atoms with E-state index in [0.29, 0.717) is 6.04 Å². The molecule has 0 aliphatic rings. The summed E-state index contributed by atoms with van der Waals surface area (Å²) in [6.07, 6.45) is 3.08. The first-order valence-corrected chi connectivity index (χ1v) is 5.44. The summed E-state index contributed by atoms with van der Waals surface area (Å²) in [7, 11) is 3.90. The molecule has 0 fully saturated rings. The van der Waals surface area contributed by atoms with Gasteiger partial charge in [0.15, 0.2) is 0 Å². The largest absolute Gasteiger partial charge is 0.377 e. The number of aromatic nitrogens is 2. The Hall–Kier alpha value is -0.870. The second-order valence-electron chi connectivity index (χ2n) is 3.74. The van der Waals surface area contributed by atoms with E-state index in [1.165, 1.54) is 0 Å². The molecule has 15 heavy (non-hydrogen) atoms. The highest BCUT2D eigenvalue weighted by molar-refractivity contribution is 5.02. The number of nitrogens with zero attached hydrogens (tertiary/aromatic N) is 2. The third-order valence-electron chi connectivity index (χ3n) is 2.56. The molecule has 1 N–H and O–H groups in total. The van der Waals surface area contributed by atoms with Gasteiger partial charge in [-0.05, 0) is 27.0 Å². The molecule has 4 nitrogen and oxygen atoms in total. The standard InChI is InChI=1S/C11H21N3O/c1-5-15-9(2)11(12-3)8-10-6-7-14(4)13-10/h6-7,9,11-12H,5,8H2,1-4H3. The lowest BCUT2D eigenvalue weighted by Crippen LogP contribution is -2.39. The predicted octanol–water partition coefficient (Wildman–Crippen LogP) is 0.976. The van der Waals surface area contributed by atoms with Gasteiger partial charge in [-0.25, -0.2) is 0 Å². The maximum Gasteiger partial charge on any atom is 0.0703 e. The van der Waals surface area contributed by atoms with Crippen LogP contribution in [-0.4, -0.2) is 35.6 Å². The van der Waals surface area contributed by atoms with Crippen LogP contribution >= 0.6 is 0 Å². The molecule has 0 bridgehead atoms.